The summed E-state index contributed by atoms with van der Waals surface area (Å²) in [7, 11) is 1.53. The van der Waals surface area contributed by atoms with Crippen LogP contribution in [0.3, 0.4) is 0 Å². The first-order chi connectivity index (χ1) is 8.13. The van der Waals surface area contributed by atoms with Crippen LogP contribution in [0.5, 0.6) is 5.75 Å². The summed E-state index contributed by atoms with van der Waals surface area (Å²) in [6.45, 7) is 0.399. The number of rotatable bonds is 1. The molecule has 1 aromatic carbocycles. The number of amides is 1. The maximum atomic E-state index is 11.5. The number of carboxylic acids is 1. The predicted octanol–water partition coefficient (Wildman–Crippen LogP) is 1.22. The Morgan fingerprint density at radius 2 is 2.24 bits per heavy atom. The molecule has 1 aliphatic rings. The van der Waals surface area contributed by atoms with Gasteiger partial charge >= 0.3 is 11.9 Å². The van der Waals surface area contributed by atoms with Crippen LogP contribution >= 0.6 is 11.8 Å². The van der Waals surface area contributed by atoms with Crippen molar-refractivity contribution in [3.8, 4) is 5.75 Å². The van der Waals surface area contributed by atoms with E-state index in [2.05, 4.69) is 0 Å². The highest BCUT2D eigenvalue weighted by atomic mass is 32.2. The van der Waals surface area contributed by atoms with E-state index in [0.717, 1.165) is 4.90 Å². The number of hydrogen-bond donors (Lipinski definition) is 1. The maximum absolute atomic E-state index is 11.5. The minimum absolute atomic E-state index is 0.399. The number of methoxy groups -OCH3 is 1. The van der Waals surface area contributed by atoms with Crippen LogP contribution in [0.2, 0.25) is 0 Å². The van der Waals surface area contributed by atoms with Gasteiger partial charge in [-0.15, -0.1) is 11.8 Å². The maximum Gasteiger partial charge on any atom is 0.394 e. The largest absolute Gasteiger partial charge is 0.497 e. The number of carbonyl (C=O) groups excluding carboxylic acids is 1. The summed E-state index contributed by atoms with van der Waals surface area (Å²) in [5.41, 5.74) is 0.605. The summed E-state index contributed by atoms with van der Waals surface area (Å²) in [5.74, 6) is -1.04. The number of benzene rings is 1. The quantitative estimate of drug-likeness (QED) is 0.762. The molecule has 2 rings (SSSR count). The molecular formula is C11H11NO4S. The lowest BCUT2D eigenvalue weighted by molar-refractivity contribution is -0.148. The van der Waals surface area contributed by atoms with Crippen molar-refractivity contribution in [3.63, 3.8) is 0 Å². The van der Waals surface area contributed by atoms with Crippen molar-refractivity contribution < 1.29 is 19.4 Å². The Hall–Kier alpha value is -1.69. The van der Waals surface area contributed by atoms with Crippen molar-refractivity contribution in [2.75, 3.05) is 24.3 Å². The number of hydrogen-bond acceptors (Lipinski definition) is 4. The van der Waals surface area contributed by atoms with Gasteiger partial charge in [0.2, 0.25) is 0 Å². The number of nitrogens with zero attached hydrogens (tertiary/aromatic N) is 1. The number of carbonyl (C=O) groups is 2. The summed E-state index contributed by atoms with van der Waals surface area (Å²) in [6, 6.07) is 5.31. The van der Waals surface area contributed by atoms with Crippen LogP contribution in [0.25, 0.3) is 0 Å². The molecular weight excluding hydrogens is 242 g/mol. The van der Waals surface area contributed by atoms with Crippen LogP contribution in [-0.4, -0.2) is 36.4 Å². The number of aliphatic carboxylic acids is 1. The van der Waals surface area contributed by atoms with E-state index >= 15 is 0 Å². The van der Waals surface area contributed by atoms with E-state index in [9.17, 15) is 9.59 Å². The standard InChI is InChI=1S/C11H11NO4S/c1-16-7-2-3-9-8(6-7)12(4-5-17-9)10(13)11(14)15/h2-3,6H,4-5H2,1H3,(H,14,15). The average molecular weight is 253 g/mol. The van der Waals surface area contributed by atoms with E-state index in [1.54, 1.807) is 23.9 Å². The summed E-state index contributed by atoms with van der Waals surface area (Å²) in [6.07, 6.45) is 0. The zero-order valence-electron chi connectivity index (χ0n) is 9.17. The summed E-state index contributed by atoms with van der Waals surface area (Å²) in [4.78, 5) is 24.4. The Morgan fingerprint density at radius 3 is 2.88 bits per heavy atom. The lowest BCUT2D eigenvalue weighted by Gasteiger charge is -2.27. The van der Waals surface area contributed by atoms with Gasteiger partial charge in [0.15, 0.2) is 0 Å². The van der Waals surface area contributed by atoms with Crippen molar-refractivity contribution in [2.45, 2.75) is 4.90 Å². The van der Waals surface area contributed by atoms with Gasteiger partial charge in [0.25, 0.3) is 0 Å². The zero-order valence-corrected chi connectivity index (χ0v) is 9.99. The molecule has 0 saturated carbocycles. The number of thioether (sulfide) groups is 1. The molecule has 17 heavy (non-hydrogen) atoms. The van der Waals surface area contributed by atoms with Gasteiger partial charge in [0.1, 0.15) is 5.75 Å². The minimum Gasteiger partial charge on any atom is -0.497 e. The van der Waals surface area contributed by atoms with Crippen molar-refractivity contribution in [1.29, 1.82) is 0 Å². The van der Waals surface area contributed by atoms with Gasteiger partial charge in [-0.2, -0.15) is 0 Å². The smallest absolute Gasteiger partial charge is 0.394 e. The fourth-order valence-corrected chi connectivity index (χ4v) is 2.63. The lowest BCUT2D eigenvalue weighted by Crippen LogP contribution is -2.39. The molecule has 1 aliphatic heterocycles. The molecule has 0 unspecified atom stereocenters. The van der Waals surface area contributed by atoms with Crippen molar-refractivity contribution >= 4 is 29.3 Å². The van der Waals surface area contributed by atoms with Gasteiger partial charge in [0.05, 0.1) is 12.8 Å². The van der Waals surface area contributed by atoms with Gasteiger partial charge in [-0.25, -0.2) is 4.79 Å². The molecule has 1 aromatic rings. The van der Waals surface area contributed by atoms with Crippen LogP contribution in [0.1, 0.15) is 0 Å². The van der Waals surface area contributed by atoms with E-state index in [1.165, 1.54) is 12.0 Å². The Morgan fingerprint density at radius 1 is 1.47 bits per heavy atom. The third-order valence-corrected chi connectivity index (χ3v) is 3.50. The first-order valence-corrected chi connectivity index (χ1v) is 5.97. The van der Waals surface area contributed by atoms with Crippen LogP contribution in [-0.2, 0) is 9.59 Å². The Kier molecular flexibility index (Phi) is 3.23. The minimum atomic E-state index is -1.44. The molecule has 0 spiro atoms. The molecule has 1 amide bonds. The number of fused-ring (bicyclic) bond motifs is 1. The lowest BCUT2D eigenvalue weighted by atomic mass is 10.2. The molecule has 6 heteroatoms. The number of anilines is 1. The highest BCUT2D eigenvalue weighted by Crippen LogP contribution is 2.37. The topological polar surface area (TPSA) is 66.8 Å². The SMILES string of the molecule is COc1ccc2c(c1)N(C(=O)C(=O)O)CCS2. The molecule has 0 radical (unpaired) electrons. The first-order valence-electron chi connectivity index (χ1n) is 4.99. The molecule has 1 N–H and O–H groups in total. The summed E-state index contributed by atoms with van der Waals surface area (Å²) >= 11 is 1.60. The third-order valence-electron chi connectivity index (χ3n) is 2.46. The van der Waals surface area contributed by atoms with Gasteiger partial charge < -0.3 is 14.7 Å². The molecule has 0 atom stereocenters. The monoisotopic (exact) mass is 253 g/mol. The number of ether oxygens (including phenoxy) is 1. The molecule has 0 fully saturated rings. The van der Waals surface area contributed by atoms with Crippen LogP contribution < -0.4 is 9.64 Å². The molecule has 0 aliphatic carbocycles. The normalized spacial score (nSPS) is 14.1. The van der Waals surface area contributed by atoms with E-state index in [1.807, 2.05) is 6.07 Å². The third kappa shape index (κ3) is 2.21. The van der Waals surface area contributed by atoms with E-state index in [0.29, 0.717) is 23.7 Å². The molecule has 0 bridgehead atoms. The predicted molar refractivity (Wildman–Crippen MR) is 63.7 cm³/mol. The molecule has 90 valence electrons. The highest BCUT2D eigenvalue weighted by molar-refractivity contribution is 7.99. The Labute approximate surface area is 102 Å². The molecule has 0 aromatic heterocycles. The second-order valence-electron chi connectivity index (χ2n) is 3.44. The second-order valence-corrected chi connectivity index (χ2v) is 4.58. The van der Waals surface area contributed by atoms with Crippen LogP contribution in [0.4, 0.5) is 5.69 Å². The van der Waals surface area contributed by atoms with Gasteiger partial charge in [-0.05, 0) is 12.1 Å². The molecule has 1 heterocycles. The van der Waals surface area contributed by atoms with Gasteiger partial charge in [-0.3, -0.25) is 4.79 Å². The molecule has 0 saturated heterocycles. The first kappa shape index (κ1) is 11.8. The van der Waals surface area contributed by atoms with Crippen molar-refractivity contribution in [3.05, 3.63) is 18.2 Å². The van der Waals surface area contributed by atoms with E-state index in [-0.39, 0.29) is 0 Å². The average Bonchev–Trinajstić information content (AvgIpc) is 2.36. The zero-order chi connectivity index (χ0) is 12.4. The second kappa shape index (κ2) is 4.67. The fourth-order valence-electron chi connectivity index (χ4n) is 1.65. The Bertz CT molecular complexity index is 475. The number of carboxylic acid groups (broad SMARTS) is 1. The van der Waals surface area contributed by atoms with Gasteiger partial charge in [0, 0.05) is 23.3 Å². The van der Waals surface area contributed by atoms with E-state index < -0.39 is 11.9 Å². The summed E-state index contributed by atoms with van der Waals surface area (Å²) < 4.78 is 5.07. The van der Waals surface area contributed by atoms with Crippen LogP contribution in [0, 0.1) is 0 Å². The van der Waals surface area contributed by atoms with Crippen molar-refractivity contribution in [2.24, 2.45) is 0 Å². The fraction of sp³-hybridized carbons (Fsp3) is 0.273. The highest BCUT2D eigenvalue weighted by Gasteiger charge is 2.27. The van der Waals surface area contributed by atoms with E-state index in [4.69, 9.17) is 9.84 Å². The summed E-state index contributed by atoms with van der Waals surface area (Å²) in [5, 5.41) is 8.76. The Balaban J connectivity index is 2.41. The molecule has 5 nitrogen and oxygen atoms in total. The van der Waals surface area contributed by atoms with Gasteiger partial charge in [-0.1, -0.05) is 0 Å². The van der Waals surface area contributed by atoms with Crippen molar-refractivity contribution in [1.82, 2.24) is 0 Å². The van der Waals surface area contributed by atoms with Crippen LogP contribution in [0.15, 0.2) is 23.1 Å².